The second kappa shape index (κ2) is 7.59. The van der Waals surface area contributed by atoms with Crippen molar-refractivity contribution in [2.24, 2.45) is 5.92 Å². The summed E-state index contributed by atoms with van der Waals surface area (Å²) in [5.74, 6) is 1.73. The number of likely N-dealkylation sites (tertiary alicyclic amines) is 1. The average Bonchev–Trinajstić information content (AvgIpc) is 2.42. The molecule has 0 saturated carbocycles. The van der Waals surface area contributed by atoms with Crippen LogP contribution in [0.2, 0.25) is 5.28 Å². The van der Waals surface area contributed by atoms with E-state index in [4.69, 9.17) is 11.6 Å². The van der Waals surface area contributed by atoms with Crippen molar-refractivity contribution < 1.29 is 0 Å². The van der Waals surface area contributed by atoms with Gasteiger partial charge in [-0.25, -0.2) is 0 Å². The minimum Gasteiger partial charge on any atom is -0.354 e. The SMILES string of the molecule is CCCNc1nc(Cl)nc(NCC2CCCN(C)C2)n1. The molecule has 0 aliphatic carbocycles. The molecule has 1 atom stereocenters. The number of anilines is 2. The van der Waals surface area contributed by atoms with Crippen LogP contribution in [0.15, 0.2) is 0 Å². The summed E-state index contributed by atoms with van der Waals surface area (Å²) >= 11 is 5.92. The lowest BCUT2D eigenvalue weighted by atomic mass is 9.99. The number of piperidine rings is 1. The van der Waals surface area contributed by atoms with E-state index < -0.39 is 0 Å². The summed E-state index contributed by atoms with van der Waals surface area (Å²) < 4.78 is 0. The van der Waals surface area contributed by atoms with E-state index in [1.165, 1.54) is 19.4 Å². The maximum Gasteiger partial charge on any atom is 0.228 e. The van der Waals surface area contributed by atoms with Gasteiger partial charge in [-0.2, -0.15) is 15.0 Å². The summed E-state index contributed by atoms with van der Waals surface area (Å²) in [4.78, 5) is 14.9. The van der Waals surface area contributed by atoms with Crippen molar-refractivity contribution in [3.8, 4) is 0 Å². The second-order valence-corrected chi connectivity index (χ2v) is 5.67. The van der Waals surface area contributed by atoms with Crippen LogP contribution >= 0.6 is 11.6 Å². The van der Waals surface area contributed by atoms with Gasteiger partial charge in [-0.05, 0) is 50.4 Å². The third kappa shape index (κ3) is 4.76. The van der Waals surface area contributed by atoms with Gasteiger partial charge in [0.2, 0.25) is 17.2 Å². The predicted octanol–water partition coefficient (Wildman–Crippen LogP) is 2.10. The van der Waals surface area contributed by atoms with Crippen LogP contribution in [0, 0.1) is 5.92 Å². The van der Waals surface area contributed by atoms with E-state index in [9.17, 15) is 0 Å². The summed E-state index contributed by atoms with van der Waals surface area (Å²) in [7, 11) is 2.17. The van der Waals surface area contributed by atoms with Gasteiger partial charge < -0.3 is 15.5 Å². The summed E-state index contributed by atoms with van der Waals surface area (Å²) in [6, 6.07) is 0. The molecule has 0 aromatic carbocycles. The van der Waals surface area contributed by atoms with Crippen LogP contribution in [0.1, 0.15) is 26.2 Å². The molecule has 2 heterocycles. The average molecular weight is 299 g/mol. The van der Waals surface area contributed by atoms with Gasteiger partial charge in [0.05, 0.1) is 0 Å². The Hall–Kier alpha value is -1.14. The Morgan fingerprint density at radius 1 is 1.25 bits per heavy atom. The third-order valence-electron chi connectivity index (χ3n) is 3.41. The summed E-state index contributed by atoms with van der Waals surface area (Å²) in [5.41, 5.74) is 0. The van der Waals surface area contributed by atoms with Gasteiger partial charge in [-0.3, -0.25) is 0 Å². The maximum atomic E-state index is 5.92. The molecule has 7 heteroatoms. The van der Waals surface area contributed by atoms with Crippen molar-refractivity contribution in [2.75, 3.05) is 43.9 Å². The first-order valence-corrected chi connectivity index (χ1v) is 7.63. The number of halogens is 1. The summed E-state index contributed by atoms with van der Waals surface area (Å²) in [6.07, 6.45) is 3.52. The molecule has 1 aliphatic heterocycles. The van der Waals surface area contributed by atoms with Gasteiger partial charge in [-0.15, -0.1) is 0 Å². The van der Waals surface area contributed by atoms with Crippen LogP contribution in [-0.2, 0) is 0 Å². The topological polar surface area (TPSA) is 66.0 Å². The molecule has 0 bridgehead atoms. The molecule has 1 aliphatic rings. The van der Waals surface area contributed by atoms with Crippen LogP contribution < -0.4 is 10.6 Å². The molecule has 1 aromatic rings. The Kier molecular flexibility index (Phi) is 5.79. The first-order chi connectivity index (χ1) is 9.67. The van der Waals surface area contributed by atoms with Crippen molar-refractivity contribution in [1.29, 1.82) is 0 Å². The lowest BCUT2D eigenvalue weighted by Gasteiger charge is -2.29. The van der Waals surface area contributed by atoms with Crippen LogP contribution in [0.4, 0.5) is 11.9 Å². The van der Waals surface area contributed by atoms with Crippen molar-refractivity contribution in [2.45, 2.75) is 26.2 Å². The van der Waals surface area contributed by atoms with E-state index in [1.54, 1.807) is 0 Å². The van der Waals surface area contributed by atoms with E-state index in [1.807, 2.05) is 0 Å². The molecule has 1 saturated heterocycles. The van der Waals surface area contributed by atoms with E-state index in [2.05, 4.69) is 44.5 Å². The fraction of sp³-hybridized carbons (Fsp3) is 0.769. The number of hydrogen-bond donors (Lipinski definition) is 2. The first kappa shape index (κ1) is 15.3. The van der Waals surface area contributed by atoms with Crippen LogP contribution in [0.5, 0.6) is 0 Å². The van der Waals surface area contributed by atoms with Gasteiger partial charge in [0.25, 0.3) is 0 Å². The smallest absolute Gasteiger partial charge is 0.228 e. The largest absolute Gasteiger partial charge is 0.354 e. The van der Waals surface area contributed by atoms with Crippen molar-refractivity contribution in [3.05, 3.63) is 5.28 Å². The van der Waals surface area contributed by atoms with Gasteiger partial charge >= 0.3 is 0 Å². The minimum atomic E-state index is 0.224. The fourth-order valence-electron chi connectivity index (χ4n) is 2.42. The maximum absolute atomic E-state index is 5.92. The zero-order valence-electron chi connectivity index (χ0n) is 12.2. The molecule has 0 radical (unpaired) electrons. The van der Waals surface area contributed by atoms with Crippen molar-refractivity contribution in [1.82, 2.24) is 19.9 Å². The molecule has 6 nitrogen and oxygen atoms in total. The Balaban J connectivity index is 1.89. The van der Waals surface area contributed by atoms with Crippen molar-refractivity contribution >= 4 is 23.5 Å². The van der Waals surface area contributed by atoms with Crippen LogP contribution in [0.3, 0.4) is 0 Å². The molecular formula is C13H23ClN6. The third-order valence-corrected chi connectivity index (χ3v) is 3.58. The van der Waals surface area contributed by atoms with Crippen LogP contribution in [0.25, 0.3) is 0 Å². The molecular weight excluding hydrogens is 276 g/mol. The molecule has 1 aromatic heterocycles. The van der Waals surface area contributed by atoms with E-state index in [0.717, 1.165) is 26.1 Å². The second-order valence-electron chi connectivity index (χ2n) is 5.33. The standard InChI is InChI=1S/C13H23ClN6/c1-3-6-15-12-17-11(14)18-13(19-12)16-8-10-5-4-7-20(2)9-10/h10H,3-9H2,1-2H3,(H2,15,16,17,18,19). The molecule has 0 spiro atoms. The highest BCUT2D eigenvalue weighted by molar-refractivity contribution is 6.28. The number of aromatic nitrogens is 3. The van der Waals surface area contributed by atoms with Gasteiger partial charge in [0, 0.05) is 19.6 Å². The number of rotatable bonds is 6. The highest BCUT2D eigenvalue weighted by Gasteiger charge is 2.17. The summed E-state index contributed by atoms with van der Waals surface area (Å²) in [6.45, 7) is 6.10. The van der Waals surface area contributed by atoms with Crippen molar-refractivity contribution in [3.63, 3.8) is 0 Å². The monoisotopic (exact) mass is 298 g/mol. The molecule has 1 fully saturated rings. The van der Waals surface area contributed by atoms with E-state index >= 15 is 0 Å². The lowest BCUT2D eigenvalue weighted by Crippen LogP contribution is -2.35. The quantitative estimate of drug-likeness (QED) is 0.838. The molecule has 112 valence electrons. The van der Waals surface area contributed by atoms with E-state index in [0.29, 0.717) is 17.8 Å². The number of nitrogens with one attached hydrogen (secondary N) is 2. The summed E-state index contributed by atoms with van der Waals surface area (Å²) in [5, 5.41) is 6.63. The Bertz CT molecular complexity index is 427. The van der Waals surface area contributed by atoms with Gasteiger partial charge in [0.1, 0.15) is 0 Å². The normalized spacial score (nSPS) is 19.9. The predicted molar refractivity (Wildman–Crippen MR) is 82.3 cm³/mol. The Morgan fingerprint density at radius 3 is 2.70 bits per heavy atom. The molecule has 1 unspecified atom stereocenters. The molecule has 2 rings (SSSR count). The first-order valence-electron chi connectivity index (χ1n) is 7.25. The highest BCUT2D eigenvalue weighted by atomic mass is 35.5. The Morgan fingerprint density at radius 2 is 2.00 bits per heavy atom. The van der Waals surface area contributed by atoms with Gasteiger partial charge in [0.15, 0.2) is 0 Å². The zero-order valence-corrected chi connectivity index (χ0v) is 12.9. The highest BCUT2D eigenvalue weighted by Crippen LogP contribution is 2.16. The van der Waals surface area contributed by atoms with E-state index in [-0.39, 0.29) is 5.28 Å². The van der Waals surface area contributed by atoms with Crippen LogP contribution in [-0.4, -0.2) is 53.1 Å². The number of nitrogens with zero attached hydrogens (tertiary/aromatic N) is 4. The van der Waals surface area contributed by atoms with Gasteiger partial charge in [-0.1, -0.05) is 6.92 Å². The zero-order chi connectivity index (χ0) is 14.4. The number of hydrogen-bond acceptors (Lipinski definition) is 6. The molecule has 20 heavy (non-hydrogen) atoms. The molecule has 0 amide bonds. The minimum absolute atomic E-state index is 0.224. The Labute approximate surface area is 125 Å². The lowest BCUT2D eigenvalue weighted by molar-refractivity contribution is 0.217. The fourth-order valence-corrected chi connectivity index (χ4v) is 2.58. The molecule has 2 N–H and O–H groups in total.